The Hall–Kier alpha value is -0.990. The van der Waals surface area contributed by atoms with Crippen molar-refractivity contribution < 1.29 is 0 Å². The van der Waals surface area contributed by atoms with Gasteiger partial charge in [0.1, 0.15) is 0 Å². The number of hydrogen-bond donors (Lipinski definition) is 0. The standard InChI is InChI=1S/C8H15N3/c1-5-11-7(2)6-9-8(11)10(3)4/h6H,5H2,1-4H3. The molecular weight excluding hydrogens is 138 g/mol. The highest BCUT2D eigenvalue weighted by atomic mass is 15.3. The number of anilines is 1. The summed E-state index contributed by atoms with van der Waals surface area (Å²) >= 11 is 0. The SMILES string of the molecule is CCn1c(C)cnc1N(C)C. The summed E-state index contributed by atoms with van der Waals surface area (Å²) in [6, 6.07) is 0. The van der Waals surface area contributed by atoms with Crippen LogP contribution in [0.15, 0.2) is 6.20 Å². The Labute approximate surface area is 67.7 Å². The van der Waals surface area contributed by atoms with E-state index in [1.807, 2.05) is 25.2 Å². The summed E-state index contributed by atoms with van der Waals surface area (Å²) in [5.74, 6) is 1.03. The normalized spacial score (nSPS) is 10.2. The van der Waals surface area contributed by atoms with Crippen molar-refractivity contribution in [2.75, 3.05) is 19.0 Å². The van der Waals surface area contributed by atoms with Gasteiger partial charge in [-0.25, -0.2) is 4.98 Å². The van der Waals surface area contributed by atoms with E-state index in [2.05, 4.69) is 23.4 Å². The molecule has 0 unspecified atom stereocenters. The molecule has 3 heteroatoms. The Bertz CT molecular complexity index is 237. The van der Waals surface area contributed by atoms with Crippen LogP contribution in [0.3, 0.4) is 0 Å². The minimum absolute atomic E-state index is 0.985. The van der Waals surface area contributed by atoms with Crippen molar-refractivity contribution in [2.24, 2.45) is 0 Å². The zero-order valence-electron chi connectivity index (χ0n) is 7.63. The number of imidazole rings is 1. The molecule has 0 radical (unpaired) electrons. The van der Waals surface area contributed by atoms with E-state index in [0.29, 0.717) is 0 Å². The maximum absolute atomic E-state index is 4.27. The van der Waals surface area contributed by atoms with Crippen LogP contribution in [-0.2, 0) is 6.54 Å². The van der Waals surface area contributed by atoms with Gasteiger partial charge in [0, 0.05) is 26.3 Å². The first kappa shape index (κ1) is 8.11. The topological polar surface area (TPSA) is 21.1 Å². The van der Waals surface area contributed by atoms with Crippen LogP contribution in [-0.4, -0.2) is 23.6 Å². The number of aryl methyl sites for hydroxylation is 1. The second-order valence-corrected chi connectivity index (χ2v) is 2.84. The first-order valence-corrected chi connectivity index (χ1v) is 3.86. The minimum atomic E-state index is 0.985. The Morgan fingerprint density at radius 1 is 1.55 bits per heavy atom. The number of hydrogen-bond acceptors (Lipinski definition) is 2. The maximum Gasteiger partial charge on any atom is 0.205 e. The van der Waals surface area contributed by atoms with E-state index < -0.39 is 0 Å². The zero-order valence-corrected chi connectivity index (χ0v) is 7.63. The van der Waals surface area contributed by atoms with Gasteiger partial charge in [0.05, 0.1) is 6.20 Å². The third-order valence-electron chi connectivity index (χ3n) is 1.75. The van der Waals surface area contributed by atoms with Crippen LogP contribution in [0.2, 0.25) is 0 Å². The Morgan fingerprint density at radius 3 is 2.55 bits per heavy atom. The second kappa shape index (κ2) is 2.95. The zero-order chi connectivity index (χ0) is 8.43. The monoisotopic (exact) mass is 153 g/mol. The summed E-state index contributed by atoms with van der Waals surface area (Å²) in [6.07, 6.45) is 1.90. The predicted octanol–water partition coefficient (Wildman–Crippen LogP) is 1.28. The summed E-state index contributed by atoms with van der Waals surface area (Å²) in [4.78, 5) is 6.30. The first-order chi connectivity index (χ1) is 5.16. The number of aromatic nitrogens is 2. The fourth-order valence-electron chi connectivity index (χ4n) is 1.20. The summed E-state index contributed by atoms with van der Waals surface area (Å²) in [5, 5.41) is 0. The summed E-state index contributed by atoms with van der Waals surface area (Å²) in [5.41, 5.74) is 1.22. The molecule has 0 atom stereocenters. The van der Waals surface area contributed by atoms with E-state index in [1.165, 1.54) is 5.69 Å². The molecule has 1 aromatic rings. The van der Waals surface area contributed by atoms with Gasteiger partial charge < -0.3 is 9.47 Å². The van der Waals surface area contributed by atoms with E-state index >= 15 is 0 Å². The summed E-state index contributed by atoms with van der Waals surface area (Å²) < 4.78 is 2.18. The van der Waals surface area contributed by atoms with Crippen molar-refractivity contribution in [3.05, 3.63) is 11.9 Å². The van der Waals surface area contributed by atoms with Crippen LogP contribution in [0.25, 0.3) is 0 Å². The van der Waals surface area contributed by atoms with Gasteiger partial charge in [0.15, 0.2) is 0 Å². The summed E-state index contributed by atoms with van der Waals surface area (Å²) in [7, 11) is 4.02. The molecule has 1 heterocycles. The molecule has 0 aliphatic rings. The average molecular weight is 153 g/mol. The molecular formula is C8H15N3. The Morgan fingerprint density at radius 2 is 2.18 bits per heavy atom. The van der Waals surface area contributed by atoms with Crippen molar-refractivity contribution in [1.29, 1.82) is 0 Å². The highest BCUT2D eigenvalue weighted by Gasteiger charge is 2.05. The van der Waals surface area contributed by atoms with Gasteiger partial charge in [-0.2, -0.15) is 0 Å². The predicted molar refractivity (Wildman–Crippen MR) is 47.0 cm³/mol. The molecule has 0 saturated heterocycles. The molecule has 0 spiro atoms. The molecule has 1 rings (SSSR count). The maximum atomic E-state index is 4.27. The lowest BCUT2D eigenvalue weighted by atomic mass is 10.5. The molecule has 0 aromatic carbocycles. The molecule has 0 aliphatic carbocycles. The molecule has 0 fully saturated rings. The van der Waals surface area contributed by atoms with Gasteiger partial charge in [-0.05, 0) is 13.8 Å². The van der Waals surface area contributed by atoms with Crippen LogP contribution in [0.4, 0.5) is 5.95 Å². The third kappa shape index (κ3) is 1.37. The highest BCUT2D eigenvalue weighted by Crippen LogP contribution is 2.11. The van der Waals surface area contributed by atoms with E-state index in [-0.39, 0.29) is 0 Å². The van der Waals surface area contributed by atoms with Crippen LogP contribution in [0.1, 0.15) is 12.6 Å². The van der Waals surface area contributed by atoms with E-state index in [1.54, 1.807) is 0 Å². The van der Waals surface area contributed by atoms with Gasteiger partial charge in [-0.15, -0.1) is 0 Å². The van der Waals surface area contributed by atoms with Crippen molar-refractivity contribution in [3.8, 4) is 0 Å². The van der Waals surface area contributed by atoms with Gasteiger partial charge in [0.2, 0.25) is 5.95 Å². The Balaban J connectivity index is 3.05. The molecule has 3 nitrogen and oxygen atoms in total. The van der Waals surface area contributed by atoms with Gasteiger partial charge in [-0.1, -0.05) is 0 Å². The second-order valence-electron chi connectivity index (χ2n) is 2.84. The number of rotatable bonds is 2. The largest absolute Gasteiger partial charge is 0.348 e. The van der Waals surface area contributed by atoms with Crippen LogP contribution in [0, 0.1) is 6.92 Å². The molecule has 62 valence electrons. The number of nitrogens with zero attached hydrogens (tertiary/aromatic N) is 3. The average Bonchev–Trinajstić information content (AvgIpc) is 2.30. The molecule has 0 bridgehead atoms. The molecule has 0 amide bonds. The first-order valence-electron chi connectivity index (χ1n) is 3.86. The molecule has 0 aliphatic heterocycles. The van der Waals surface area contributed by atoms with Crippen LogP contribution >= 0.6 is 0 Å². The molecule has 0 saturated carbocycles. The Kier molecular flexibility index (Phi) is 2.17. The van der Waals surface area contributed by atoms with Crippen molar-refractivity contribution in [2.45, 2.75) is 20.4 Å². The molecule has 0 N–H and O–H groups in total. The fourth-order valence-corrected chi connectivity index (χ4v) is 1.20. The molecule has 1 aromatic heterocycles. The minimum Gasteiger partial charge on any atom is -0.348 e. The smallest absolute Gasteiger partial charge is 0.205 e. The van der Waals surface area contributed by atoms with Crippen LogP contribution in [0.5, 0.6) is 0 Å². The van der Waals surface area contributed by atoms with Crippen molar-refractivity contribution in [3.63, 3.8) is 0 Å². The van der Waals surface area contributed by atoms with Gasteiger partial charge in [-0.3, -0.25) is 0 Å². The summed E-state index contributed by atoms with van der Waals surface area (Å²) in [6.45, 7) is 5.19. The van der Waals surface area contributed by atoms with E-state index in [4.69, 9.17) is 0 Å². The fraction of sp³-hybridized carbons (Fsp3) is 0.625. The highest BCUT2D eigenvalue weighted by molar-refractivity contribution is 5.30. The van der Waals surface area contributed by atoms with Crippen LogP contribution < -0.4 is 4.90 Å². The van der Waals surface area contributed by atoms with Gasteiger partial charge >= 0.3 is 0 Å². The van der Waals surface area contributed by atoms with Crippen molar-refractivity contribution >= 4 is 5.95 Å². The quantitative estimate of drug-likeness (QED) is 0.638. The third-order valence-corrected chi connectivity index (χ3v) is 1.75. The van der Waals surface area contributed by atoms with E-state index in [0.717, 1.165) is 12.5 Å². The van der Waals surface area contributed by atoms with Gasteiger partial charge in [0.25, 0.3) is 0 Å². The lowest BCUT2D eigenvalue weighted by molar-refractivity contribution is 0.726. The van der Waals surface area contributed by atoms with Crippen molar-refractivity contribution in [1.82, 2.24) is 9.55 Å². The van der Waals surface area contributed by atoms with E-state index in [9.17, 15) is 0 Å². The lowest BCUT2D eigenvalue weighted by Crippen LogP contribution is -2.15. The lowest BCUT2D eigenvalue weighted by Gasteiger charge is -2.13. The molecule has 11 heavy (non-hydrogen) atoms.